The molecule has 1 heterocycles. The lowest BCUT2D eigenvalue weighted by atomic mass is 9.98. The summed E-state index contributed by atoms with van der Waals surface area (Å²) in [7, 11) is 0. The van der Waals surface area contributed by atoms with Gasteiger partial charge in [-0.25, -0.2) is 4.79 Å². The maximum absolute atomic E-state index is 12.6. The summed E-state index contributed by atoms with van der Waals surface area (Å²) in [5, 5.41) is 20.2. The smallest absolute Gasteiger partial charge is 0.329 e. The van der Waals surface area contributed by atoms with E-state index >= 15 is 0 Å². The summed E-state index contributed by atoms with van der Waals surface area (Å²) in [6.45, 7) is 1.81. The molecule has 8 heteroatoms. The van der Waals surface area contributed by atoms with Gasteiger partial charge >= 0.3 is 5.97 Å². The second-order valence-corrected chi connectivity index (χ2v) is 5.83. The normalized spacial score (nSPS) is 21.3. The Kier molecular flexibility index (Phi) is 3.99. The second kappa shape index (κ2) is 5.44. The molecule has 1 saturated heterocycles. The number of carboxylic acids is 1. The molecular weight excluding hydrogens is 344 g/mol. The number of aliphatic carboxylic acids is 1. The van der Waals surface area contributed by atoms with Crippen LogP contribution in [0, 0.1) is 10.1 Å². The summed E-state index contributed by atoms with van der Waals surface area (Å²) in [6.07, 6.45) is 0.946. The van der Waals surface area contributed by atoms with E-state index in [0.29, 0.717) is 19.4 Å². The van der Waals surface area contributed by atoms with E-state index in [9.17, 15) is 24.8 Å². The number of rotatable bonds is 3. The first-order chi connectivity index (χ1) is 9.79. The van der Waals surface area contributed by atoms with Crippen LogP contribution in [0.1, 0.15) is 30.1 Å². The number of nitro benzene ring substituents is 1. The van der Waals surface area contributed by atoms with Crippen LogP contribution in [0.15, 0.2) is 22.7 Å². The van der Waals surface area contributed by atoms with Gasteiger partial charge in [0.2, 0.25) is 0 Å². The number of carbonyl (C=O) groups is 2. The number of hydrogen-bond donors (Lipinski definition) is 1. The van der Waals surface area contributed by atoms with Crippen LogP contribution in [0.25, 0.3) is 0 Å². The Balaban J connectivity index is 2.44. The van der Waals surface area contributed by atoms with Crippen molar-refractivity contribution in [3.8, 4) is 0 Å². The third kappa shape index (κ3) is 2.51. The highest BCUT2D eigenvalue weighted by Gasteiger charge is 2.46. The van der Waals surface area contributed by atoms with Crippen LogP contribution in [-0.4, -0.2) is 38.9 Å². The maximum atomic E-state index is 12.6. The van der Waals surface area contributed by atoms with E-state index in [1.165, 1.54) is 30.0 Å². The van der Waals surface area contributed by atoms with Crippen LogP contribution in [-0.2, 0) is 4.79 Å². The zero-order valence-corrected chi connectivity index (χ0v) is 12.8. The van der Waals surface area contributed by atoms with E-state index < -0.39 is 22.3 Å². The number of amides is 1. The predicted octanol–water partition coefficient (Wildman–Crippen LogP) is 2.44. The number of benzene rings is 1. The van der Waals surface area contributed by atoms with Crippen molar-refractivity contribution in [2.24, 2.45) is 0 Å². The number of halogens is 1. The van der Waals surface area contributed by atoms with Crippen molar-refractivity contribution in [2.45, 2.75) is 25.3 Å². The van der Waals surface area contributed by atoms with Gasteiger partial charge in [0.05, 0.1) is 10.5 Å². The monoisotopic (exact) mass is 356 g/mol. The number of likely N-dealkylation sites (tertiary alicyclic amines) is 1. The van der Waals surface area contributed by atoms with Gasteiger partial charge in [-0.3, -0.25) is 14.9 Å². The van der Waals surface area contributed by atoms with Crippen molar-refractivity contribution in [3.05, 3.63) is 38.3 Å². The molecule has 1 aliphatic heterocycles. The fraction of sp³-hybridized carbons (Fsp3) is 0.385. The van der Waals surface area contributed by atoms with Gasteiger partial charge in [0, 0.05) is 12.6 Å². The number of carbonyl (C=O) groups excluding carboxylic acids is 1. The Labute approximate surface area is 128 Å². The Morgan fingerprint density at radius 3 is 2.71 bits per heavy atom. The summed E-state index contributed by atoms with van der Waals surface area (Å²) in [6, 6.07) is 4.13. The molecule has 0 aliphatic carbocycles. The zero-order valence-electron chi connectivity index (χ0n) is 11.2. The van der Waals surface area contributed by atoms with Crippen molar-refractivity contribution in [1.82, 2.24) is 4.90 Å². The van der Waals surface area contributed by atoms with Gasteiger partial charge in [0.15, 0.2) is 0 Å². The zero-order chi connectivity index (χ0) is 15.8. The molecule has 112 valence electrons. The molecule has 1 fully saturated rings. The first-order valence-electron chi connectivity index (χ1n) is 6.27. The first kappa shape index (κ1) is 15.4. The van der Waals surface area contributed by atoms with Crippen molar-refractivity contribution in [1.29, 1.82) is 0 Å². The van der Waals surface area contributed by atoms with Gasteiger partial charge in [0.1, 0.15) is 10.0 Å². The third-order valence-corrected chi connectivity index (χ3v) is 4.59. The van der Waals surface area contributed by atoms with E-state index in [-0.39, 0.29) is 15.7 Å². The van der Waals surface area contributed by atoms with E-state index in [1.54, 1.807) is 0 Å². The van der Waals surface area contributed by atoms with Crippen molar-refractivity contribution in [2.75, 3.05) is 6.54 Å². The molecule has 1 aliphatic rings. The van der Waals surface area contributed by atoms with Crippen LogP contribution in [0.4, 0.5) is 5.69 Å². The molecule has 7 nitrogen and oxygen atoms in total. The van der Waals surface area contributed by atoms with Gasteiger partial charge in [-0.2, -0.15) is 0 Å². The SMILES string of the molecule is CC1(C(=O)O)CCCN1C(=O)c1cccc([N+](=O)[O-])c1Br. The molecule has 0 saturated carbocycles. The van der Waals surface area contributed by atoms with E-state index in [1.807, 2.05) is 0 Å². The van der Waals surface area contributed by atoms with Crippen molar-refractivity contribution < 1.29 is 19.6 Å². The summed E-state index contributed by atoms with van der Waals surface area (Å²) in [5.74, 6) is -1.59. The average Bonchev–Trinajstić information content (AvgIpc) is 2.81. The quantitative estimate of drug-likeness (QED) is 0.661. The highest BCUT2D eigenvalue weighted by Crippen LogP contribution is 2.34. The Hall–Kier alpha value is -1.96. The van der Waals surface area contributed by atoms with E-state index in [4.69, 9.17) is 0 Å². The summed E-state index contributed by atoms with van der Waals surface area (Å²) in [4.78, 5) is 35.6. The van der Waals surface area contributed by atoms with Crippen LogP contribution in [0.3, 0.4) is 0 Å². The standard InChI is InChI=1S/C13H13BrN2O5/c1-13(12(18)19)6-3-7-15(13)11(17)8-4-2-5-9(10(8)14)16(20)21/h2,4-5H,3,6-7H2,1H3,(H,18,19). The third-order valence-electron chi connectivity index (χ3n) is 3.75. The molecule has 21 heavy (non-hydrogen) atoms. The number of nitrogens with zero attached hydrogens (tertiary/aromatic N) is 2. The second-order valence-electron chi connectivity index (χ2n) is 5.04. The molecule has 0 aromatic heterocycles. The molecule has 1 amide bonds. The lowest BCUT2D eigenvalue weighted by Crippen LogP contribution is -2.50. The van der Waals surface area contributed by atoms with Gasteiger partial charge in [-0.15, -0.1) is 0 Å². The Morgan fingerprint density at radius 2 is 2.14 bits per heavy atom. The minimum absolute atomic E-state index is 0.0691. The first-order valence-corrected chi connectivity index (χ1v) is 7.06. The fourth-order valence-corrected chi connectivity index (χ4v) is 3.06. The number of carboxylic acid groups (broad SMARTS) is 1. The lowest BCUT2D eigenvalue weighted by molar-refractivity contribution is -0.385. The fourth-order valence-electron chi connectivity index (χ4n) is 2.48. The van der Waals surface area contributed by atoms with Gasteiger partial charge in [-0.05, 0) is 41.8 Å². The molecule has 1 aromatic rings. The highest BCUT2D eigenvalue weighted by molar-refractivity contribution is 9.10. The number of nitro groups is 1. The largest absolute Gasteiger partial charge is 0.480 e. The van der Waals surface area contributed by atoms with Crippen LogP contribution >= 0.6 is 15.9 Å². The van der Waals surface area contributed by atoms with Crippen LogP contribution in [0.2, 0.25) is 0 Å². The van der Waals surface area contributed by atoms with Crippen LogP contribution < -0.4 is 0 Å². The van der Waals surface area contributed by atoms with E-state index in [2.05, 4.69) is 15.9 Å². The highest BCUT2D eigenvalue weighted by atomic mass is 79.9. The summed E-state index contributed by atoms with van der Waals surface area (Å²) < 4.78 is 0.0691. The molecule has 1 N–H and O–H groups in total. The van der Waals surface area contributed by atoms with Gasteiger partial charge < -0.3 is 10.0 Å². The van der Waals surface area contributed by atoms with Gasteiger partial charge in [-0.1, -0.05) is 6.07 Å². The summed E-state index contributed by atoms with van der Waals surface area (Å²) in [5.41, 5.74) is -1.41. The van der Waals surface area contributed by atoms with Crippen LogP contribution in [0.5, 0.6) is 0 Å². The summed E-state index contributed by atoms with van der Waals surface area (Å²) >= 11 is 3.07. The molecule has 1 unspecified atom stereocenters. The molecule has 2 rings (SSSR count). The minimum Gasteiger partial charge on any atom is -0.480 e. The average molecular weight is 357 g/mol. The molecule has 0 spiro atoms. The topological polar surface area (TPSA) is 101 Å². The Bertz CT molecular complexity index is 633. The van der Waals surface area contributed by atoms with Crippen molar-refractivity contribution >= 4 is 33.5 Å². The molecule has 0 bridgehead atoms. The predicted molar refractivity (Wildman–Crippen MR) is 77.1 cm³/mol. The van der Waals surface area contributed by atoms with E-state index in [0.717, 1.165) is 0 Å². The molecular formula is C13H13BrN2O5. The molecule has 1 aromatic carbocycles. The molecule has 0 radical (unpaired) electrons. The lowest BCUT2D eigenvalue weighted by Gasteiger charge is -2.31. The number of hydrogen-bond acceptors (Lipinski definition) is 4. The maximum Gasteiger partial charge on any atom is 0.329 e. The minimum atomic E-state index is -1.28. The van der Waals surface area contributed by atoms with Crippen molar-refractivity contribution in [3.63, 3.8) is 0 Å². The Morgan fingerprint density at radius 1 is 1.48 bits per heavy atom. The van der Waals surface area contributed by atoms with Gasteiger partial charge in [0.25, 0.3) is 11.6 Å². The molecule has 1 atom stereocenters.